The minimum Gasteiger partial charge on any atom is -0.0991 e. The Morgan fingerprint density at radius 2 is 0.265 bits per heavy atom. The predicted octanol–water partition coefficient (Wildman–Crippen LogP) is 14.0. The van der Waals surface area contributed by atoms with Crippen LogP contribution in [0.15, 0.2) is 292 Å². The molecule has 0 aliphatic heterocycles. The van der Waals surface area contributed by atoms with Crippen LogP contribution in [-0.2, 0) is 0 Å². The average molecular weight is 641 g/mol. The van der Waals surface area contributed by atoms with Gasteiger partial charge in [-0.3, -0.25) is 0 Å². The fourth-order valence-electron chi connectivity index (χ4n) is 2.95. The Balaban J connectivity index is 4.05. The van der Waals surface area contributed by atoms with Gasteiger partial charge in [-0.05, 0) is 6.92 Å². The van der Waals surface area contributed by atoms with Crippen molar-refractivity contribution in [3.8, 4) is 0 Å². The van der Waals surface area contributed by atoms with Crippen LogP contribution in [0.3, 0.4) is 0 Å². The molecule has 0 spiro atoms. The lowest BCUT2D eigenvalue weighted by Gasteiger charge is -1.77. The maximum Gasteiger partial charge on any atom is -0.0467 e. The molecule has 0 fully saturated rings. The van der Waals surface area contributed by atoms with Gasteiger partial charge in [-0.15, -0.1) is 0 Å². The molecule has 0 atom stereocenters. The molecule has 0 rings (SSSR count). The van der Waals surface area contributed by atoms with Gasteiger partial charge in [0, 0.05) is 0 Å². The lowest BCUT2D eigenvalue weighted by atomic mass is 10.3. The molecule has 0 heterocycles. The van der Waals surface area contributed by atoms with Gasteiger partial charge in [0.15, 0.2) is 0 Å². The molecule has 248 valence electrons. The molecule has 0 unspecified atom stereocenters. The van der Waals surface area contributed by atoms with Gasteiger partial charge in [0.05, 0.1) is 0 Å². The zero-order valence-electron chi connectivity index (χ0n) is 28.8. The molecule has 0 amide bonds. The van der Waals surface area contributed by atoms with Gasteiger partial charge in [0.25, 0.3) is 0 Å². The lowest BCUT2D eigenvalue weighted by molar-refractivity contribution is 1.73. The van der Waals surface area contributed by atoms with Gasteiger partial charge in [0.1, 0.15) is 0 Å². The van der Waals surface area contributed by atoms with Crippen LogP contribution in [0, 0.1) is 0 Å². The number of hydrogen-bond donors (Lipinski definition) is 0. The van der Waals surface area contributed by atoms with Crippen LogP contribution in [0.1, 0.15) is 6.92 Å². The Morgan fingerprint density at radius 3 is 0.367 bits per heavy atom. The Bertz CT molecular complexity index is 1530. The molecule has 0 aliphatic rings. The van der Waals surface area contributed by atoms with E-state index in [9.17, 15) is 0 Å². The number of rotatable bonds is 23. The summed E-state index contributed by atoms with van der Waals surface area (Å²) in [6.45, 7) is 5.62. The minimum absolute atomic E-state index is 1.75. The van der Waals surface area contributed by atoms with Gasteiger partial charge < -0.3 is 0 Å². The van der Waals surface area contributed by atoms with Crippen molar-refractivity contribution in [1.29, 1.82) is 0 Å². The maximum absolute atomic E-state index is 3.62. The van der Waals surface area contributed by atoms with Crippen molar-refractivity contribution in [3.63, 3.8) is 0 Å². The summed E-state index contributed by atoms with van der Waals surface area (Å²) in [6.07, 6.45) is 93.4. The van der Waals surface area contributed by atoms with E-state index in [0.29, 0.717) is 0 Å². The summed E-state index contributed by atoms with van der Waals surface area (Å²) < 4.78 is 0. The highest BCUT2D eigenvalue weighted by molar-refractivity contribution is 5.26. The van der Waals surface area contributed by atoms with Crippen molar-refractivity contribution < 1.29 is 0 Å². The second kappa shape index (κ2) is 41.8. The molecule has 0 nitrogen and oxygen atoms in total. The molecule has 0 aromatic heterocycles. The van der Waals surface area contributed by atoms with Crippen LogP contribution < -0.4 is 0 Å². The van der Waals surface area contributed by atoms with E-state index in [1.165, 1.54) is 0 Å². The van der Waals surface area contributed by atoms with E-state index in [1.54, 1.807) is 6.08 Å². The molecule has 0 saturated heterocycles. The smallest absolute Gasteiger partial charge is 0.0467 e. The first-order chi connectivity index (χ1) is 24.4. The van der Waals surface area contributed by atoms with E-state index in [-0.39, 0.29) is 0 Å². The predicted molar refractivity (Wildman–Crippen MR) is 226 cm³/mol. The van der Waals surface area contributed by atoms with Crippen LogP contribution in [0.4, 0.5) is 0 Å². The molecule has 0 N–H and O–H groups in total. The Hall–Kier alpha value is -6.24. The largest absolute Gasteiger partial charge is 0.0991 e. The van der Waals surface area contributed by atoms with E-state index in [2.05, 4.69) is 6.58 Å². The number of hydrogen-bond acceptors (Lipinski definition) is 0. The summed E-state index contributed by atoms with van der Waals surface area (Å²) >= 11 is 0. The molecule has 0 bridgehead atoms. The molecular weight excluding hydrogens is 589 g/mol. The van der Waals surface area contributed by atoms with Crippen LogP contribution in [0.25, 0.3) is 0 Å². The van der Waals surface area contributed by atoms with Crippen LogP contribution in [0.2, 0.25) is 0 Å². The van der Waals surface area contributed by atoms with Gasteiger partial charge in [-0.25, -0.2) is 0 Å². The summed E-state index contributed by atoms with van der Waals surface area (Å²) in [4.78, 5) is 0. The highest BCUT2D eigenvalue weighted by Gasteiger charge is 1.68. The normalized spacial score (nSPS) is 15.3. The first-order valence-corrected chi connectivity index (χ1v) is 16.3. The molecule has 0 radical (unpaired) electrons. The van der Waals surface area contributed by atoms with E-state index < -0.39 is 0 Å². The fraction of sp³-hybridized carbons (Fsp3) is 0.0204. The maximum atomic E-state index is 3.62. The minimum atomic E-state index is 1.75. The molecular formula is C49H52. The summed E-state index contributed by atoms with van der Waals surface area (Å²) in [5.74, 6) is 0. The first-order valence-electron chi connectivity index (χ1n) is 16.3. The zero-order valence-corrected chi connectivity index (χ0v) is 28.8. The van der Waals surface area contributed by atoms with Crippen LogP contribution in [-0.4, -0.2) is 0 Å². The monoisotopic (exact) mass is 640 g/mol. The van der Waals surface area contributed by atoms with E-state index in [0.717, 1.165) is 0 Å². The van der Waals surface area contributed by atoms with Gasteiger partial charge in [-0.1, -0.05) is 292 Å². The molecule has 0 aromatic rings. The highest BCUT2D eigenvalue weighted by atomic mass is 13.8. The quantitative estimate of drug-likeness (QED) is 0.0975. The average Bonchev–Trinajstić information content (AvgIpc) is 3.11. The van der Waals surface area contributed by atoms with Crippen molar-refractivity contribution in [2.45, 2.75) is 6.92 Å². The van der Waals surface area contributed by atoms with Gasteiger partial charge in [0.2, 0.25) is 0 Å². The number of allylic oxidation sites excluding steroid dienone is 47. The van der Waals surface area contributed by atoms with Crippen molar-refractivity contribution in [2.75, 3.05) is 0 Å². The first kappa shape index (κ1) is 42.8. The van der Waals surface area contributed by atoms with Crippen molar-refractivity contribution in [2.24, 2.45) is 0 Å². The van der Waals surface area contributed by atoms with Crippen LogP contribution >= 0.6 is 0 Å². The summed E-state index contributed by atoms with van der Waals surface area (Å²) in [5, 5.41) is 0. The van der Waals surface area contributed by atoms with E-state index >= 15 is 0 Å². The Morgan fingerprint density at radius 1 is 0.163 bits per heavy atom. The highest BCUT2D eigenvalue weighted by Crippen LogP contribution is 1.90. The van der Waals surface area contributed by atoms with Gasteiger partial charge in [-0.2, -0.15) is 0 Å². The third-order valence-electron chi connectivity index (χ3n) is 5.22. The molecule has 0 aliphatic carbocycles. The van der Waals surface area contributed by atoms with Gasteiger partial charge >= 0.3 is 0 Å². The van der Waals surface area contributed by atoms with Crippen molar-refractivity contribution >= 4 is 0 Å². The topological polar surface area (TPSA) is 0 Å². The molecule has 0 heteroatoms. The summed E-state index contributed by atoms with van der Waals surface area (Å²) in [5.41, 5.74) is 0. The standard InChI is InChI=1S/C49H52/c1-3-5-7-9-11-13-15-17-19-21-23-25-27-29-31-33-35-37-39-41-43-45-47-49-48-46-44-42-40-38-36-34-32-30-28-26-24-22-20-18-16-14-12-10-8-6-4-2/h3-49H,1H2,2H3. The second-order valence-electron chi connectivity index (χ2n) is 9.23. The van der Waals surface area contributed by atoms with Crippen LogP contribution in [0.5, 0.6) is 0 Å². The Labute approximate surface area is 298 Å². The third kappa shape index (κ3) is 41.8. The zero-order chi connectivity index (χ0) is 35.2. The summed E-state index contributed by atoms with van der Waals surface area (Å²) in [7, 11) is 0. The Kier molecular flexibility index (Phi) is 36.4. The second-order valence-corrected chi connectivity index (χ2v) is 9.23. The summed E-state index contributed by atoms with van der Waals surface area (Å²) in [6, 6.07) is 0. The third-order valence-corrected chi connectivity index (χ3v) is 5.22. The van der Waals surface area contributed by atoms with Crippen molar-refractivity contribution in [1.82, 2.24) is 0 Å². The van der Waals surface area contributed by atoms with E-state index in [1.807, 2.05) is 286 Å². The molecule has 0 aromatic carbocycles. The van der Waals surface area contributed by atoms with E-state index in [4.69, 9.17) is 0 Å². The SMILES string of the molecule is C=CC=CC=CC=CC=CC=CC=CC=CC=CC=CC=CC=CC=CC=CC=CC=CC=CC=CC=CC=CC=CC=CC=CC=CC. The fourth-order valence-corrected chi connectivity index (χ4v) is 2.95. The van der Waals surface area contributed by atoms with Crippen molar-refractivity contribution in [3.05, 3.63) is 292 Å². The molecule has 49 heavy (non-hydrogen) atoms. The molecule has 0 saturated carbocycles. The lowest BCUT2D eigenvalue weighted by Crippen LogP contribution is -1.55.